The number of ether oxygens (including phenoxy) is 1. The van der Waals surface area contributed by atoms with Crippen molar-refractivity contribution in [3.05, 3.63) is 34.6 Å². The first-order valence-corrected chi connectivity index (χ1v) is 5.61. The lowest BCUT2D eigenvalue weighted by Gasteiger charge is -2.08. The van der Waals surface area contributed by atoms with E-state index in [4.69, 9.17) is 17.0 Å². The highest BCUT2D eigenvalue weighted by molar-refractivity contribution is 7.71. The zero-order chi connectivity index (χ0) is 12.4. The summed E-state index contributed by atoms with van der Waals surface area (Å²) in [6.07, 6.45) is 0. The Morgan fingerprint density at radius 2 is 2.29 bits per heavy atom. The molecule has 0 radical (unpaired) electrons. The van der Waals surface area contributed by atoms with Gasteiger partial charge in [-0.15, -0.1) is 0 Å². The van der Waals surface area contributed by atoms with E-state index in [-0.39, 0.29) is 5.75 Å². The number of aromatic nitrogens is 3. The van der Waals surface area contributed by atoms with Crippen LogP contribution in [-0.4, -0.2) is 21.4 Å². The topological polar surface area (TPSA) is 42.8 Å². The van der Waals surface area contributed by atoms with E-state index in [1.54, 1.807) is 23.6 Å². The number of aryl methyl sites for hydroxylation is 1. The molecule has 0 unspecified atom stereocenters. The van der Waals surface area contributed by atoms with Crippen molar-refractivity contribution in [1.29, 1.82) is 0 Å². The summed E-state index contributed by atoms with van der Waals surface area (Å²) < 4.78 is 20.9. The van der Waals surface area contributed by atoms with Gasteiger partial charge in [0.05, 0.1) is 12.3 Å². The van der Waals surface area contributed by atoms with Crippen LogP contribution < -0.4 is 4.74 Å². The SMILES string of the molecule is CCOc1ccc(-n2c(C)n[nH]c2=S)cc1F. The van der Waals surface area contributed by atoms with Gasteiger partial charge in [0.25, 0.3) is 0 Å². The second-order valence-corrected chi connectivity index (χ2v) is 3.85. The molecule has 4 nitrogen and oxygen atoms in total. The number of nitrogens with zero attached hydrogens (tertiary/aromatic N) is 2. The number of rotatable bonds is 3. The van der Waals surface area contributed by atoms with Gasteiger partial charge in [-0.05, 0) is 38.2 Å². The molecule has 0 aliphatic rings. The first-order valence-electron chi connectivity index (χ1n) is 5.20. The molecule has 6 heteroatoms. The minimum absolute atomic E-state index is 0.240. The van der Waals surface area contributed by atoms with Crippen LogP contribution in [0, 0.1) is 17.5 Å². The number of hydrogen-bond donors (Lipinski definition) is 1. The lowest BCUT2D eigenvalue weighted by Crippen LogP contribution is -2.00. The summed E-state index contributed by atoms with van der Waals surface area (Å²) in [6.45, 7) is 4.03. The van der Waals surface area contributed by atoms with Gasteiger partial charge in [-0.3, -0.25) is 9.67 Å². The van der Waals surface area contributed by atoms with Crippen molar-refractivity contribution < 1.29 is 9.13 Å². The third-order valence-corrected chi connectivity index (χ3v) is 2.59. The van der Waals surface area contributed by atoms with Crippen molar-refractivity contribution >= 4 is 12.2 Å². The van der Waals surface area contributed by atoms with E-state index in [0.717, 1.165) is 0 Å². The number of nitrogens with one attached hydrogen (secondary N) is 1. The Hall–Kier alpha value is -1.69. The molecular formula is C11H12FN3OS. The van der Waals surface area contributed by atoms with E-state index >= 15 is 0 Å². The summed E-state index contributed by atoms with van der Waals surface area (Å²) >= 11 is 5.07. The maximum atomic E-state index is 13.7. The van der Waals surface area contributed by atoms with E-state index in [1.165, 1.54) is 6.07 Å². The molecule has 1 heterocycles. The van der Waals surface area contributed by atoms with Gasteiger partial charge in [0, 0.05) is 6.07 Å². The Labute approximate surface area is 103 Å². The van der Waals surface area contributed by atoms with Gasteiger partial charge in [0.2, 0.25) is 0 Å². The molecule has 0 bridgehead atoms. The fourth-order valence-corrected chi connectivity index (χ4v) is 1.86. The molecule has 0 amide bonds. The molecule has 0 atom stereocenters. The van der Waals surface area contributed by atoms with Crippen molar-refractivity contribution in [1.82, 2.24) is 14.8 Å². The molecule has 0 saturated heterocycles. The van der Waals surface area contributed by atoms with E-state index in [2.05, 4.69) is 10.2 Å². The van der Waals surface area contributed by atoms with Gasteiger partial charge >= 0.3 is 0 Å². The fraction of sp³-hybridized carbons (Fsp3) is 0.273. The van der Waals surface area contributed by atoms with Crippen molar-refractivity contribution in [2.24, 2.45) is 0 Å². The third-order valence-electron chi connectivity index (χ3n) is 2.31. The van der Waals surface area contributed by atoms with Crippen LogP contribution in [0.4, 0.5) is 4.39 Å². The van der Waals surface area contributed by atoms with Gasteiger partial charge in [0.15, 0.2) is 16.3 Å². The molecule has 2 rings (SSSR count). The van der Waals surface area contributed by atoms with Crippen LogP contribution in [0.25, 0.3) is 5.69 Å². The minimum atomic E-state index is -0.410. The van der Waals surface area contributed by atoms with Crippen LogP contribution in [-0.2, 0) is 0 Å². The molecule has 90 valence electrons. The number of H-pyrrole nitrogens is 1. The van der Waals surface area contributed by atoms with Crippen LogP contribution in [0.3, 0.4) is 0 Å². The Morgan fingerprint density at radius 1 is 1.53 bits per heavy atom. The molecule has 0 aliphatic carbocycles. The molecule has 17 heavy (non-hydrogen) atoms. The highest BCUT2D eigenvalue weighted by Crippen LogP contribution is 2.21. The second-order valence-electron chi connectivity index (χ2n) is 3.46. The molecule has 0 fully saturated rings. The fourth-order valence-electron chi connectivity index (χ4n) is 1.58. The monoisotopic (exact) mass is 253 g/mol. The van der Waals surface area contributed by atoms with E-state index in [0.29, 0.717) is 22.9 Å². The van der Waals surface area contributed by atoms with Gasteiger partial charge < -0.3 is 4.74 Å². The van der Waals surface area contributed by atoms with Gasteiger partial charge in [-0.2, -0.15) is 5.10 Å². The Kier molecular flexibility index (Phi) is 3.23. The predicted molar refractivity (Wildman–Crippen MR) is 64.6 cm³/mol. The Bertz CT molecular complexity index is 591. The summed E-state index contributed by atoms with van der Waals surface area (Å²) in [5.74, 6) is 0.509. The quantitative estimate of drug-likeness (QED) is 0.855. The Morgan fingerprint density at radius 3 is 2.82 bits per heavy atom. The van der Waals surface area contributed by atoms with Crippen molar-refractivity contribution in [3.8, 4) is 11.4 Å². The number of halogens is 1. The largest absolute Gasteiger partial charge is 0.491 e. The number of hydrogen-bond acceptors (Lipinski definition) is 3. The summed E-state index contributed by atoms with van der Waals surface area (Å²) in [5, 5.41) is 6.63. The summed E-state index contributed by atoms with van der Waals surface area (Å²) in [5.41, 5.74) is 0.627. The molecule has 1 N–H and O–H groups in total. The second kappa shape index (κ2) is 4.67. The lowest BCUT2D eigenvalue weighted by atomic mass is 10.3. The van der Waals surface area contributed by atoms with Crippen LogP contribution in [0.5, 0.6) is 5.75 Å². The van der Waals surface area contributed by atoms with Crippen LogP contribution in [0.1, 0.15) is 12.7 Å². The third kappa shape index (κ3) is 2.21. The number of benzene rings is 1. The van der Waals surface area contributed by atoms with Crippen molar-refractivity contribution in [3.63, 3.8) is 0 Å². The first-order chi connectivity index (χ1) is 8.13. The van der Waals surface area contributed by atoms with Gasteiger partial charge in [-0.1, -0.05) is 0 Å². The predicted octanol–water partition coefficient (Wildman–Crippen LogP) is 2.78. The smallest absolute Gasteiger partial charge is 0.199 e. The Balaban J connectivity index is 2.48. The zero-order valence-electron chi connectivity index (χ0n) is 9.53. The zero-order valence-corrected chi connectivity index (χ0v) is 10.3. The molecule has 0 aliphatic heterocycles. The molecule has 0 spiro atoms. The molecular weight excluding hydrogens is 241 g/mol. The van der Waals surface area contributed by atoms with E-state index < -0.39 is 5.82 Å². The van der Waals surface area contributed by atoms with Crippen LogP contribution in [0.2, 0.25) is 0 Å². The normalized spacial score (nSPS) is 10.5. The lowest BCUT2D eigenvalue weighted by molar-refractivity contribution is 0.321. The van der Waals surface area contributed by atoms with E-state index in [1.807, 2.05) is 6.92 Å². The summed E-state index contributed by atoms with van der Waals surface area (Å²) in [4.78, 5) is 0. The van der Waals surface area contributed by atoms with Gasteiger partial charge in [0.1, 0.15) is 5.82 Å². The van der Waals surface area contributed by atoms with Crippen LogP contribution >= 0.6 is 12.2 Å². The molecule has 1 aromatic heterocycles. The van der Waals surface area contributed by atoms with Crippen molar-refractivity contribution in [2.75, 3.05) is 6.61 Å². The van der Waals surface area contributed by atoms with Crippen molar-refractivity contribution in [2.45, 2.75) is 13.8 Å². The molecule has 1 aromatic carbocycles. The van der Waals surface area contributed by atoms with E-state index in [9.17, 15) is 4.39 Å². The molecule has 2 aromatic rings. The summed E-state index contributed by atoms with van der Waals surface area (Å²) in [7, 11) is 0. The first kappa shape index (κ1) is 11.8. The maximum absolute atomic E-state index is 13.7. The average molecular weight is 253 g/mol. The standard InChI is InChI=1S/C11H12FN3OS/c1-3-16-10-5-4-8(6-9(10)12)15-7(2)13-14-11(15)17/h4-6H,3H2,1-2H3,(H,14,17). The highest BCUT2D eigenvalue weighted by Gasteiger charge is 2.08. The number of aromatic amines is 1. The van der Waals surface area contributed by atoms with Gasteiger partial charge in [-0.25, -0.2) is 4.39 Å². The van der Waals surface area contributed by atoms with Crippen LogP contribution in [0.15, 0.2) is 18.2 Å². The average Bonchev–Trinajstić information content (AvgIpc) is 2.62. The maximum Gasteiger partial charge on any atom is 0.199 e. The molecule has 0 saturated carbocycles. The highest BCUT2D eigenvalue weighted by atomic mass is 32.1. The summed E-state index contributed by atoms with van der Waals surface area (Å²) in [6, 6.07) is 4.71. The minimum Gasteiger partial charge on any atom is -0.491 e.